The van der Waals surface area contributed by atoms with E-state index < -0.39 is 11.7 Å². The van der Waals surface area contributed by atoms with Gasteiger partial charge in [0.15, 0.2) is 0 Å². The number of nitrogens with one attached hydrogen (secondary N) is 1. The van der Waals surface area contributed by atoms with Crippen molar-refractivity contribution < 1.29 is 27.6 Å². The fourth-order valence-electron chi connectivity index (χ4n) is 8.73. The van der Waals surface area contributed by atoms with E-state index in [0.717, 1.165) is 88.0 Å². The van der Waals surface area contributed by atoms with E-state index in [4.69, 9.17) is 5.26 Å². The van der Waals surface area contributed by atoms with E-state index in [9.17, 15) is 27.6 Å². The van der Waals surface area contributed by atoms with E-state index in [1.807, 2.05) is 22.8 Å². The number of alkyl halides is 3. The fourth-order valence-corrected chi connectivity index (χ4v) is 8.73. The molecule has 0 radical (unpaired) electrons. The van der Waals surface area contributed by atoms with E-state index in [-0.39, 0.29) is 35.8 Å². The second-order valence-corrected chi connectivity index (χ2v) is 15.4. The maximum absolute atomic E-state index is 13.5. The first kappa shape index (κ1) is 38.2. The zero-order valence-electron chi connectivity index (χ0n) is 31.2. The molecule has 3 amide bonds. The highest BCUT2D eigenvalue weighted by Crippen LogP contribution is 2.38. The van der Waals surface area contributed by atoms with Crippen molar-refractivity contribution in [3.8, 4) is 6.07 Å². The summed E-state index contributed by atoms with van der Waals surface area (Å²) < 4.78 is 40.6. The Hall–Kier alpha value is -5.09. The van der Waals surface area contributed by atoms with Gasteiger partial charge in [-0.15, -0.1) is 0 Å². The highest BCUT2D eigenvalue weighted by Gasteiger charge is 2.36. The Labute approximate surface area is 320 Å². The van der Waals surface area contributed by atoms with Crippen LogP contribution in [0.5, 0.6) is 0 Å². The van der Waals surface area contributed by atoms with E-state index in [0.29, 0.717) is 44.1 Å². The van der Waals surface area contributed by atoms with Gasteiger partial charge >= 0.3 is 6.18 Å². The average Bonchev–Trinajstić information content (AvgIpc) is 3.82. The highest BCUT2D eigenvalue weighted by atomic mass is 19.4. The lowest BCUT2D eigenvalue weighted by atomic mass is 9.94. The number of rotatable bonds is 11. The molecule has 10 nitrogen and oxygen atoms in total. The molecular formula is C42H48F3N7O3. The number of nitrogens with zero attached hydrogens (tertiary/aromatic N) is 6. The van der Waals surface area contributed by atoms with Crippen molar-refractivity contribution in [1.82, 2.24) is 15.1 Å². The molecule has 7 rings (SSSR count). The van der Waals surface area contributed by atoms with Crippen LogP contribution in [0.1, 0.15) is 77.6 Å². The number of hydrogen-bond donors (Lipinski definition) is 1. The number of hydrogen-bond acceptors (Lipinski definition) is 8. The summed E-state index contributed by atoms with van der Waals surface area (Å²) in [5.74, 6) is 0.540. The highest BCUT2D eigenvalue weighted by molar-refractivity contribution is 5.99. The van der Waals surface area contributed by atoms with Crippen molar-refractivity contribution >= 4 is 35.3 Å². The Morgan fingerprint density at radius 2 is 1.55 bits per heavy atom. The lowest BCUT2D eigenvalue weighted by molar-refractivity contribution is -0.137. The van der Waals surface area contributed by atoms with Crippen LogP contribution in [0.4, 0.5) is 30.2 Å². The third-order valence-electron chi connectivity index (χ3n) is 12.0. The third kappa shape index (κ3) is 8.59. The van der Waals surface area contributed by atoms with Crippen LogP contribution in [-0.2, 0) is 22.3 Å². The van der Waals surface area contributed by atoms with Crippen molar-refractivity contribution in [1.29, 1.82) is 5.26 Å². The monoisotopic (exact) mass is 755 g/mol. The Balaban J connectivity index is 0.845. The average molecular weight is 756 g/mol. The minimum atomic E-state index is -4.57. The van der Waals surface area contributed by atoms with E-state index >= 15 is 0 Å². The molecule has 2 atom stereocenters. The molecule has 4 aliphatic heterocycles. The van der Waals surface area contributed by atoms with Crippen LogP contribution in [0.3, 0.4) is 0 Å². The fraction of sp³-hybridized carbons (Fsp3) is 0.476. The van der Waals surface area contributed by atoms with Gasteiger partial charge in [0, 0.05) is 106 Å². The summed E-state index contributed by atoms with van der Waals surface area (Å²) in [6, 6.07) is 20.4. The lowest BCUT2D eigenvalue weighted by Gasteiger charge is -2.40. The normalized spacial score (nSPS) is 20.1. The Morgan fingerprint density at radius 3 is 2.24 bits per heavy atom. The van der Waals surface area contributed by atoms with E-state index in [1.165, 1.54) is 17.3 Å². The van der Waals surface area contributed by atoms with Crippen LogP contribution >= 0.6 is 0 Å². The summed E-state index contributed by atoms with van der Waals surface area (Å²) in [7, 11) is 0. The summed E-state index contributed by atoms with van der Waals surface area (Å²) >= 11 is 0. The van der Waals surface area contributed by atoms with Gasteiger partial charge in [-0.05, 0) is 98.2 Å². The first-order chi connectivity index (χ1) is 26.5. The number of amides is 3. The topological polar surface area (TPSA) is 103 Å². The predicted octanol–water partition coefficient (Wildman–Crippen LogP) is 6.01. The molecule has 1 N–H and O–H groups in total. The van der Waals surface area contributed by atoms with Gasteiger partial charge in [-0.3, -0.25) is 24.6 Å². The summed E-state index contributed by atoms with van der Waals surface area (Å²) in [5.41, 5.74) is 4.58. The minimum absolute atomic E-state index is 0.00814. The van der Waals surface area contributed by atoms with Crippen molar-refractivity contribution in [2.24, 2.45) is 5.92 Å². The van der Waals surface area contributed by atoms with E-state index in [1.54, 1.807) is 12.1 Å². The zero-order chi connectivity index (χ0) is 38.7. The predicted molar refractivity (Wildman–Crippen MR) is 205 cm³/mol. The van der Waals surface area contributed by atoms with Crippen molar-refractivity contribution in [2.75, 3.05) is 73.6 Å². The molecule has 3 aromatic rings. The molecule has 3 aromatic carbocycles. The first-order valence-corrected chi connectivity index (χ1v) is 19.4. The maximum Gasteiger partial charge on any atom is 0.417 e. The number of carbonyl (C=O) groups excluding carboxylic acids is 3. The molecular weight excluding hydrogens is 708 g/mol. The number of anilines is 3. The molecule has 4 heterocycles. The number of carbonyl (C=O) groups is 3. The largest absolute Gasteiger partial charge is 0.417 e. The van der Waals surface area contributed by atoms with Gasteiger partial charge in [0.05, 0.1) is 17.2 Å². The molecule has 0 aromatic heterocycles. The number of piperazine rings is 1. The number of nitriles is 1. The van der Waals surface area contributed by atoms with Gasteiger partial charge in [-0.25, -0.2) is 0 Å². The number of halogens is 3. The Morgan fingerprint density at radius 1 is 0.891 bits per heavy atom. The maximum atomic E-state index is 13.5. The smallest absolute Gasteiger partial charge is 0.372 e. The van der Waals surface area contributed by atoms with Crippen LogP contribution in [0.15, 0.2) is 60.7 Å². The molecule has 2 unspecified atom stereocenters. The SMILES string of the molecule is CC(CCC(=O)NC=O)N1Cc2cc(N3CCN(CC4CCN(c5ccc(C6CCN(c7ccc(C#N)c(C(F)(F)F)c7)C6)cc5)CC4)CC3)ccc2C1=O. The molecule has 55 heavy (non-hydrogen) atoms. The Kier molecular flexibility index (Phi) is 11.3. The lowest BCUT2D eigenvalue weighted by Crippen LogP contribution is -2.49. The Bertz CT molecular complexity index is 1910. The molecule has 0 spiro atoms. The van der Waals surface area contributed by atoms with Gasteiger partial charge in [0.25, 0.3) is 5.91 Å². The molecule has 3 fully saturated rings. The zero-order valence-corrected chi connectivity index (χ0v) is 31.2. The molecule has 13 heteroatoms. The number of piperidine rings is 1. The number of imide groups is 1. The first-order valence-electron chi connectivity index (χ1n) is 19.4. The molecule has 0 saturated carbocycles. The van der Waals surface area contributed by atoms with E-state index in [2.05, 4.69) is 56.4 Å². The minimum Gasteiger partial charge on any atom is -0.372 e. The van der Waals surface area contributed by atoms with Crippen LogP contribution in [0.25, 0.3) is 0 Å². The van der Waals surface area contributed by atoms with Gasteiger partial charge < -0.3 is 19.6 Å². The standard InChI is InChI=1S/C42H48F3N7O3/c1-29(2-11-40(54)47-28-53)52-27-34-22-36(9-10-38(34)41(52)55)50-20-18-48(19-21-50)25-30-12-15-49(16-13-30)35-6-3-31(4-7-35)33-14-17-51(26-33)37-8-5-32(24-46)39(23-37)42(43,44)45/h3-10,22-23,28-30,33H,2,11-21,25-27H2,1H3,(H,47,53,54). The summed E-state index contributed by atoms with van der Waals surface area (Å²) in [6.45, 7) is 10.8. The van der Waals surface area contributed by atoms with Crippen LogP contribution in [0, 0.1) is 17.2 Å². The molecule has 3 saturated heterocycles. The molecule has 4 aliphatic rings. The van der Waals surface area contributed by atoms with Crippen molar-refractivity contribution in [3.05, 3.63) is 88.5 Å². The third-order valence-corrected chi connectivity index (χ3v) is 12.0. The number of fused-ring (bicyclic) bond motifs is 1. The molecule has 290 valence electrons. The van der Waals surface area contributed by atoms with Crippen molar-refractivity contribution in [2.45, 2.75) is 63.7 Å². The molecule has 0 aliphatic carbocycles. The van der Waals surface area contributed by atoms with Gasteiger partial charge in [0.2, 0.25) is 12.3 Å². The summed E-state index contributed by atoms with van der Waals surface area (Å²) in [5, 5.41) is 11.3. The van der Waals surface area contributed by atoms with Gasteiger partial charge in [-0.1, -0.05) is 12.1 Å². The number of benzene rings is 3. The second-order valence-electron chi connectivity index (χ2n) is 15.4. The molecule has 0 bridgehead atoms. The van der Waals surface area contributed by atoms with Crippen LogP contribution in [0.2, 0.25) is 0 Å². The van der Waals surface area contributed by atoms with Crippen LogP contribution < -0.4 is 20.0 Å². The van der Waals surface area contributed by atoms with Crippen molar-refractivity contribution in [3.63, 3.8) is 0 Å². The quantitative estimate of drug-likeness (QED) is 0.238. The summed E-state index contributed by atoms with van der Waals surface area (Å²) in [4.78, 5) is 46.6. The van der Waals surface area contributed by atoms with Gasteiger partial charge in [0.1, 0.15) is 0 Å². The summed E-state index contributed by atoms with van der Waals surface area (Å²) in [6.07, 6.45) is -0.353. The second kappa shape index (κ2) is 16.3. The van der Waals surface area contributed by atoms with Crippen LogP contribution in [-0.4, -0.2) is 93.0 Å². The van der Waals surface area contributed by atoms with Gasteiger partial charge in [-0.2, -0.15) is 18.4 Å².